The Balaban J connectivity index is 2.74. The van der Waals surface area contributed by atoms with E-state index in [1.165, 1.54) is 12.1 Å². The summed E-state index contributed by atoms with van der Waals surface area (Å²) in [5, 5.41) is 12.5. The Morgan fingerprint density at radius 2 is 1.89 bits per heavy atom. The summed E-state index contributed by atoms with van der Waals surface area (Å²) in [5.41, 5.74) is -0.418. The third-order valence-corrected chi connectivity index (χ3v) is 3.01. The van der Waals surface area contributed by atoms with Gasteiger partial charge in [0.25, 0.3) is 0 Å². The highest BCUT2D eigenvalue weighted by molar-refractivity contribution is 5.32. The van der Waals surface area contributed by atoms with E-state index in [4.69, 9.17) is 0 Å². The molecule has 1 aromatic rings. The van der Waals surface area contributed by atoms with E-state index in [1.807, 2.05) is 6.92 Å². The fraction of sp³-hybridized carbons (Fsp3) is 0.571. The minimum Gasteiger partial charge on any atom is -0.392 e. The molecule has 5 heteroatoms. The first kappa shape index (κ1) is 16.0. The molecule has 2 nitrogen and oxygen atoms in total. The first-order valence-corrected chi connectivity index (χ1v) is 6.43. The molecule has 0 saturated heterocycles. The Morgan fingerprint density at radius 3 is 2.47 bits per heavy atom. The van der Waals surface area contributed by atoms with Crippen LogP contribution in [0.15, 0.2) is 24.3 Å². The number of nitrogens with one attached hydrogen (secondary N) is 1. The van der Waals surface area contributed by atoms with Crippen LogP contribution in [0.25, 0.3) is 0 Å². The van der Waals surface area contributed by atoms with Gasteiger partial charge in [-0.1, -0.05) is 31.5 Å². The van der Waals surface area contributed by atoms with Gasteiger partial charge in [-0.25, -0.2) is 0 Å². The minimum atomic E-state index is -4.35. The fourth-order valence-corrected chi connectivity index (χ4v) is 1.99. The molecule has 0 heterocycles. The Labute approximate surface area is 111 Å². The fourth-order valence-electron chi connectivity index (χ4n) is 1.99. The van der Waals surface area contributed by atoms with Gasteiger partial charge in [0.05, 0.1) is 11.7 Å². The molecule has 2 atom stereocenters. The van der Waals surface area contributed by atoms with Crippen molar-refractivity contribution < 1.29 is 18.3 Å². The van der Waals surface area contributed by atoms with E-state index in [0.29, 0.717) is 13.0 Å². The van der Waals surface area contributed by atoms with Crippen LogP contribution in [0.4, 0.5) is 13.2 Å². The predicted octanol–water partition coefficient (Wildman–Crippen LogP) is 3.52. The maximum Gasteiger partial charge on any atom is 0.416 e. The molecule has 0 aliphatic heterocycles. The summed E-state index contributed by atoms with van der Waals surface area (Å²) < 4.78 is 38.6. The van der Waals surface area contributed by atoms with Crippen molar-refractivity contribution in [2.75, 3.05) is 6.54 Å². The van der Waals surface area contributed by atoms with Gasteiger partial charge in [0.15, 0.2) is 0 Å². The molecule has 0 aliphatic carbocycles. The number of alkyl halides is 3. The van der Waals surface area contributed by atoms with Gasteiger partial charge >= 0.3 is 6.18 Å². The predicted molar refractivity (Wildman–Crippen MR) is 68.8 cm³/mol. The van der Waals surface area contributed by atoms with Crippen molar-refractivity contribution in [3.05, 3.63) is 35.4 Å². The van der Waals surface area contributed by atoms with Crippen molar-refractivity contribution in [1.29, 1.82) is 0 Å². The van der Waals surface area contributed by atoms with Gasteiger partial charge in [0.1, 0.15) is 0 Å². The summed E-state index contributed by atoms with van der Waals surface area (Å²) in [7, 11) is 0. The second-order valence-corrected chi connectivity index (χ2v) is 4.66. The Morgan fingerprint density at radius 1 is 1.26 bits per heavy atom. The number of aliphatic hydroxyl groups excluding tert-OH is 1. The third-order valence-electron chi connectivity index (χ3n) is 3.01. The minimum absolute atomic E-state index is 0.207. The zero-order chi connectivity index (χ0) is 14.5. The number of halogens is 3. The molecule has 0 radical (unpaired) electrons. The highest BCUT2D eigenvalue weighted by atomic mass is 19.4. The zero-order valence-corrected chi connectivity index (χ0v) is 11.2. The lowest BCUT2D eigenvalue weighted by Gasteiger charge is -2.21. The topological polar surface area (TPSA) is 32.3 Å². The van der Waals surface area contributed by atoms with Crippen molar-refractivity contribution in [3.63, 3.8) is 0 Å². The molecule has 2 unspecified atom stereocenters. The lowest BCUT2D eigenvalue weighted by Crippen LogP contribution is -2.30. The smallest absolute Gasteiger partial charge is 0.392 e. The van der Waals surface area contributed by atoms with Crippen molar-refractivity contribution in [2.24, 2.45) is 0 Å². The van der Waals surface area contributed by atoms with Crippen LogP contribution in [0.3, 0.4) is 0 Å². The summed E-state index contributed by atoms with van der Waals surface area (Å²) in [4.78, 5) is 0. The molecule has 0 aromatic heterocycles. The van der Waals surface area contributed by atoms with Crippen LogP contribution in [-0.2, 0) is 6.18 Å². The number of benzene rings is 1. The Kier molecular flexibility index (Phi) is 5.82. The van der Waals surface area contributed by atoms with E-state index < -0.39 is 23.9 Å². The van der Waals surface area contributed by atoms with Crippen molar-refractivity contribution >= 4 is 0 Å². The molecule has 1 aromatic carbocycles. The van der Waals surface area contributed by atoms with Gasteiger partial charge in [0, 0.05) is 12.6 Å². The summed E-state index contributed by atoms with van der Waals surface area (Å²) in [6.45, 7) is 3.91. The average molecular weight is 275 g/mol. The van der Waals surface area contributed by atoms with Gasteiger partial charge in [-0.2, -0.15) is 13.2 Å². The van der Waals surface area contributed by atoms with E-state index in [0.717, 1.165) is 12.5 Å². The van der Waals surface area contributed by atoms with Gasteiger partial charge < -0.3 is 10.4 Å². The number of rotatable bonds is 6. The van der Waals surface area contributed by atoms with Gasteiger partial charge in [-0.05, 0) is 25.0 Å². The van der Waals surface area contributed by atoms with Gasteiger partial charge in [-0.15, -0.1) is 0 Å². The van der Waals surface area contributed by atoms with Crippen LogP contribution < -0.4 is 5.32 Å². The van der Waals surface area contributed by atoms with E-state index in [-0.39, 0.29) is 5.56 Å². The number of hydrogen-bond donors (Lipinski definition) is 2. The molecule has 0 saturated carbocycles. The van der Waals surface area contributed by atoms with Crippen LogP contribution in [0.5, 0.6) is 0 Å². The van der Waals surface area contributed by atoms with Crippen LogP contribution in [0, 0.1) is 0 Å². The van der Waals surface area contributed by atoms with Crippen LogP contribution in [-0.4, -0.2) is 17.8 Å². The molecule has 0 spiro atoms. The maximum absolute atomic E-state index is 12.9. The average Bonchev–Trinajstić information content (AvgIpc) is 2.35. The lowest BCUT2D eigenvalue weighted by molar-refractivity contribution is -0.138. The lowest BCUT2D eigenvalue weighted by atomic mass is 10.0. The van der Waals surface area contributed by atoms with E-state index in [2.05, 4.69) is 5.32 Å². The molecule has 1 rings (SSSR count). The first-order chi connectivity index (χ1) is 8.86. The molecule has 0 amide bonds. The van der Waals surface area contributed by atoms with Crippen LogP contribution in [0.1, 0.15) is 43.9 Å². The van der Waals surface area contributed by atoms with Crippen molar-refractivity contribution in [3.8, 4) is 0 Å². The molecule has 0 fully saturated rings. The second-order valence-electron chi connectivity index (χ2n) is 4.66. The second kappa shape index (κ2) is 6.91. The molecule has 0 bridgehead atoms. The highest BCUT2D eigenvalue weighted by Crippen LogP contribution is 2.34. The molecule has 2 N–H and O–H groups in total. The molecule has 0 aliphatic rings. The first-order valence-electron chi connectivity index (χ1n) is 6.43. The molecule has 108 valence electrons. The third kappa shape index (κ3) is 4.84. The SMILES string of the molecule is CCCC(O)CNC(C)c1ccccc1C(F)(F)F. The standard InChI is InChI=1S/C14H20F3NO/c1-3-6-11(19)9-18-10(2)12-7-4-5-8-13(12)14(15,16)17/h4-5,7-8,10-11,18-19H,3,6,9H2,1-2H3. The number of hydrogen-bond acceptors (Lipinski definition) is 2. The normalized spacial score (nSPS) is 15.3. The Bertz CT molecular complexity index is 393. The summed E-state index contributed by atoms with van der Waals surface area (Å²) in [6, 6.07) is 5.06. The quantitative estimate of drug-likeness (QED) is 0.832. The highest BCUT2D eigenvalue weighted by Gasteiger charge is 2.34. The maximum atomic E-state index is 12.9. The van der Waals surface area contributed by atoms with Crippen LogP contribution >= 0.6 is 0 Å². The summed E-state index contributed by atoms with van der Waals surface area (Å²) in [5.74, 6) is 0. The molecular weight excluding hydrogens is 255 g/mol. The molecular formula is C14H20F3NO. The van der Waals surface area contributed by atoms with E-state index in [9.17, 15) is 18.3 Å². The van der Waals surface area contributed by atoms with Gasteiger partial charge in [0.2, 0.25) is 0 Å². The Hall–Kier alpha value is -1.07. The zero-order valence-electron chi connectivity index (χ0n) is 11.2. The largest absolute Gasteiger partial charge is 0.416 e. The molecule has 19 heavy (non-hydrogen) atoms. The monoisotopic (exact) mass is 275 g/mol. The van der Waals surface area contributed by atoms with E-state index in [1.54, 1.807) is 13.0 Å². The summed E-state index contributed by atoms with van der Waals surface area (Å²) in [6.07, 6.45) is -3.39. The van der Waals surface area contributed by atoms with Crippen molar-refractivity contribution in [1.82, 2.24) is 5.32 Å². The van der Waals surface area contributed by atoms with E-state index >= 15 is 0 Å². The summed E-state index contributed by atoms with van der Waals surface area (Å²) >= 11 is 0. The van der Waals surface area contributed by atoms with Gasteiger partial charge in [-0.3, -0.25) is 0 Å². The number of aliphatic hydroxyl groups is 1. The van der Waals surface area contributed by atoms with Crippen LogP contribution in [0.2, 0.25) is 0 Å². The van der Waals surface area contributed by atoms with Crippen molar-refractivity contribution in [2.45, 2.75) is 45.0 Å².